The molecule has 1 saturated carbocycles. The van der Waals surface area contributed by atoms with Crippen molar-refractivity contribution in [1.29, 1.82) is 0 Å². The van der Waals surface area contributed by atoms with Crippen molar-refractivity contribution in [2.24, 2.45) is 0 Å². The number of rotatable bonds is 8. The summed E-state index contributed by atoms with van der Waals surface area (Å²) in [5, 5.41) is 29.9. The quantitative estimate of drug-likeness (QED) is 0.526. The number of aromatic carboxylic acids is 1. The van der Waals surface area contributed by atoms with Gasteiger partial charge in [-0.3, -0.25) is 4.79 Å². The van der Waals surface area contributed by atoms with Crippen molar-refractivity contribution < 1.29 is 24.5 Å². The third-order valence-corrected chi connectivity index (χ3v) is 4.78. The molecule has 2 aromatic rings. The number of fused-ring (bicyclic) bond motifs is 1. The second kappa shape index (κ2) is 7.14. The zero-order valence-corrected chi connectivity index (χ0v) is 14.5. The van der Waals surface area contributed by atoms with E-state index in [0.717, 1.165) is 6.20 Å². The summed E-state index contributed by atoms with van der Waals surface area (Å²) in [7, 11) is 0. The fourth-order valence-corrected chi connectivity index (χ4v) is 2.94. The van der Waals surface area contributed by atoms with E-state index in [-0.39, 0.29) is 37.3 Å². The Morgan fingerprint density at radius 1 is 1.31 bits per heavy atom. The summed E-state index contributed by atoms with van der Waals surface area (Å²) in [6.45, 7) is 0.438. The number of carboxylic acids is 1. The van der Waals surface area contributed by atoms with E-state index in [1.807, 2.05) is 0 Å². The van der Waals surface area contributed by atoms with Gasteiger partial charge in [0.15, 0.2) is 0 Å². The van der Waals surface area contributed by atoms with Crippen molar-refractivity contribution in [3.63, 3.8) is 0 Å². The summed E-state index contributed by atoms with van der Waals surface area (Å²) in [4.78, 5) is 22.9. The topological polar surface area (TPSA) is 121 Å². The van der Waals surface area contributed by atoms with Crippen molar-refractivity contribution in [2.75, 3.05) is 26.4 Å². The molecule has 0 atom stereocenters. The summed E-state index contributed by atoms with van der Waals surface area (Å²) in [6, 6.07) is 2.85. The van der Waals surface area contributed by atoms with Gasteiger partial charge >= 0.3 is 5.97 Å². The van der Waals surface area contributed by atoms with Gasteiger partial charge in [-0.2, -0.15) is 0 Å². The molecule has 0 bridgehead atoms. The summed E-state index contributed by atoms with van der Waals surface area (Å²) < 4.78 is 11.2. The van der Waals surface area contributed by atoms with Crippen molar-refractivity contribution in [1.82, 2.24) is 4.73 Å². The number of hydrogen-bond donors (Lipinski definition) is 2. The molecule has 1 aromatic carbocycles. The lowest BCUT2D eigenvalue weighted by Gasteiger charge is -2.20. The number of aliphatic hydroxyl groups excluding tert-OH is 1. The number of pyridine rings is 1. The predicted octanol–water partition coefficient (Wildman–Crippen LogP) is 1.66. The molecule has 0 aliphatic heterocycles. The minimum absolute atomic E-state index is 0.0455. The molecule has 0 amide bonds. The Morgan fingerprint density at radius 3 is 2.65 bits per heavy atom. The van der Waals surface area contributed by atoms with E-state index in [2.05, 4.69) is 0 Å². The fourth-order valence-electron chi connectivity index (χ4n) is 2.70. The van der Waals surface area contributed by atoms with E-state index in [1.165, 1.54) is 12.1 Å². The number of nitrogens with zero attached hydrogens (tertiary/aromatic N) is 1. The highest BCUT2D eigenvalue weighted by Gasteiger charge is 2.44. The molecule has 1 aromatic heterocycles. The molecule has 26 heavy (non-hydrogen) atoms. The smallest absolute Gasteiger partial charge is 0.341 e. The van der Waals surface area contributed by atoms with E-state index in [9.17, 15) is 14.8 Å². The third-order valence-electron chi connectivity index (χ3n) is 4.19. The molecule has 1 aliphatic rings. The van der Waals surface area contributed by atoms with Gasteiger partial charge in [-0.05, 0) is 25.0 Å². The van der Waals surface area contributed by atoms with Crippen molar-refractivity contribution in [3.8, 4) is 5.75 Å². The number of carbonyl (C=O) groups is 1. The lowest BCUT2D eigenvalue weighted by Crippen LogP contribution is -2.18. The molecule has 3 rings (SSSR count). The summed E-state index contributed by atoms with van der Waals surface area (Å²) >= 11 is 6.48. The van der Waals surface area contributed by atoms with Crippen LogP contribution in [0, 0.1) is 5.21 Å². The van der Waals surface area contributed by atoms with Gasteiger partial charge < -0.3 is 29.6 Å². The molecule has 1 heterocycles. The molecule has 9 heteroatoms. The van der Waals surface area contributed by atoms with Crippen LogP contribution in [0.25, 0.3) is 10.9 Å². The first-order valence-electron chi connectivity index (χ1n) is 8.02. The first kappa shape index (κ1) is 18.5. The van der Waals surface area contributed by atoms with Crippen LogP contribution in [-0.4, -0.2) is 47.3 Å². The van der Waals surface area contributed by atoms with E-state index < -0.39 is 21.8 Å². The Labute approximate surface area is 153 Å². The number of hydrogen-bond acceptors (Lipinski definition) is 6. The molecule has 140 valence electrons. The van der Waals surface area contributed by atoms with E-state index >= 15 is 0 Å². The number of aromatic nitrogens is 1. The van der Waals surface area contributed by atoms with Crippen LogP contribution in [0.4, 0.5) is 0 Å². The molecular weight excluding hydrogens is 366 g/mol. The van der Waals surface area contributed by atoms with E-state index in [4.69, 9.17) is 31.3 Å². The molecular formula is C17H17ClNO7-. The summed E-state index contributed by atoms with van der Waals surface area (Å²) in [6.07, 6.45) is 2.16. The molecule has 0 radical (unpaired) electrons. The van der Waals surface area contributed by atoms with Crippen molar-refractivity contribution in [2.45, 2.75) is 17.7 Å². The Kier molecular flexibility index (Phi) is 5.08. The van der Waals surface area contributed by atoms with Gasteiger partial charge in [0.1, 0.15) is 17.9 Å². The lowest BCUT2D eigenvalue weighted by atomic mass is 10.0. The van der Waals surface area contributed by atoms with Crippen molar-refractivity contribution in [3.05, 3.63) is 44.9 Å². The Balaban J connectivity index is 2.04. The van der Waals surface area contributed by atoms with Crippen LogP contribution in [0.1, 0.15) is 28.8 Å². The minimum Gasteiger partial charge on any atom is -0.806 e. The Bertz CT molecular complexity index is 904. The second-order valence-corrected chi connectivity index (χ2v) is 6.74. The lowest BCUT2D eigenvalue weighted by molar-refractivity contribution is 0.0694. The maximum Gasteiger partial charge on any atom is 0.341 e. The minimum atomic E-state index is -1.47. The Hall–Kier alpha value is -2.29. The zero-order valence-electron chi connectivity index (χ0n) is 13.7. The SMILES string of the molecule is O=C(O)c1cn([O-])c2cc(C3(Cl)CC3)c(OCCOCCO)cc2c1=O. The van der Waals surface area contributed by atoms with Gasteiger partial charge in [0, 0.05) is 22.7 Å². The predicted molar refractivity (Wildman–Crippen MR) is 94.1 cm³/mol. The van der Waals surface area contributed by atoms with Crippen molar-refractivity contribution >= 4 is 28.5 Å². The molecule has 2 N–H and O–H groups in total. The average Bonchev–Trinajstić information content (AvgIpc) is 3.35. The normalized spacial score (nSPS) is 15.2. The van der Waals surface area contributed by atoms with Crippen LogP contribution in [-0.2, 0) is 9.61 Å². The van der Waals surface area contributed by atoms with E-state index in [0.29, 0.717) is 28.9 Å². The second-order valence-electron chi connectivity index (χ2n) is 6.02. The highest BCUT2D eigenvalue weighted by Crippen LogP contribution is 2.55. The van der Waals surface area contributed by atoms with Gasteiger partial charge in [-0.25, -0.2) is 4.79 Å². The first-order chi connectivity index (χ1) is 12.4. The van der Waals surface area contributed by atoms with Crippen LogP contribution < -0.4 is 10.2 Å². The highest BCUT2D eigenvalue weighted by atomic mass is 35.5. The zero-order chi connectivity index (χ0) is 18.9. The van der Waals surface area contributed by atoms with Gasteiger partial charge in [-0.1, -0.05) is 0 Å². The Morgan fingerprint density at radius 2 is 2.04 bits per heavy atom. The molecule has 0 spiro atoms. The number of carboxylic acid groups (broad SMARTS) is 1. The van der Waals surface area contributed by atoms with Gasteiger partial charge in [-0.15, -0.1) is 11.6 Å². The molecule has 0 saturated heterocycles. The number of benzene rings is 1. The fraction of sp³-hybridized carbons (Fsp3) is 0.412. The third kappa shape index (κ3) is 3.48. The standard InChI is InChI=1S/C17H17ClNO7/c18-17(1-2-17)12-8-13-10(7-14(12)26-6-5-25-4-3-20)15(21)11(16(22)23)9-19(13)24/h7-9,20H,1-6H2,(H,22,23)/q-1. The summed E-state index contributed by atoms with van der Waals surface area (Å²) in [5.74, 6) is -1.15. The average molecular weight is 383 g/mol. The molecule has 1 aliphatic carbocycles. The molecule has 8 nitrogen and oxygen atoms in total. The number of alkyl halides is 1. The monoisotopic (exact) mass is 382 g/mol. The maximum atomic E-state index is 12.4. The van der Waals surface area contributed by atoms with Crippen LogP contribution in [0.2, 0.25) is 0 Å². The van der Waals surface area contributed by atoms with Crippen LogP contribution in [0.5, 0.6) is 5.75 Å². The van der Waals surface area contributed by atoms with Crippen LogP contribution in [0.15, 0.2) is 23.1 Å². The van der Waals surface area contributed by atoms with Gasteiger partial charge in [0.05, 0.1) is 24.7 Å². The largest absolute Gasteiger partial charge is 0.806 e. The van der Waals surface area contributed by atoms with Crippen LogP contribution >= 0.6 is 11.6 Å². The number of halogens is 1. The van der Waals surface area contributed by atoms with Gasteiger partial charge in [0.2, 0.25) is 5.43 Å². The van der Waals surface area contributed by atoms with E-state index in [1.54, 1.807) is 0 Å². The van der Waals surface area contributed by atoms with Crippen LogP contribution in [0.3, 0.4) is 0 Å². The maximum absolute atomic E-state index is 12.4. The highest BCUT2D eigenvalue weighted by molar-refractivity contribution is 6.26. The molecule has 1 fully saturated rings. The van der Waals surface area contributed by atoms with Gasteiger partial charge in [0.25, 0.3) is 0 Å². The number of aliphatic hydroxyl groups is 1. The number of ether oxygens (including phenoxy) is 2. The summed E-state index contributed by atoms with van der Waals surface area (Å²) in [5.41, 5.74) is -0.733. The first-order valence-corrected chi connectivity index (χ1v) is 8.40. The molecule has 0 unspecified atom stereocenters.